The Kier molecular flexibility index (Phi) is 9.00. The molecular weight excluding hydrogens is 194 g/mol. The van der Waals surface area contributed by atoms with Crippen LogP contribution in [0.25, 0.3) is 0 Å². The van der Waals surface area contributed by atoms with Crippen molar-refractivity contribution < 1.29 is 14.2 Å². The third kappa shape index (κ3) is 6.84. The smallest absolute Gasteiger partial charge is 0.169 e. The molecule has 15 heavy (non-hydrogen) atoms. The van der Waals surface area contributed by atoms with Crippen LogP contribution in [0, 0.1) is 5.92 Å². The Balaban J connectivity index is 3.83. The fourth-order valence-corrected chi connectivity index (χ4v) is 1.24. The second kappa shape index (κ2) is 9.09. The molecule has 0 rings (SSSR count). The van der Waals surface area contributed by atoms with Crippen molar-refractivity contribution in [1.82, 2.24) is 5.32 Å². The van der Waals surface area contributed by atoms with E-state index in [1.165, 1.54) is 0 Å². The predicted molar refractivity (Wildman–Crippen MR) is 60.9 cm³/mol. The Hall–Kier alpha value is -0.160. The zero-order valence-corrected chi connectivity index (χ0v) is 10.6. The normalized spacial score (nSPS) is 13.8. The molecule has 1 N–H and O–H groups in total. The van der Waals surface area contributed by atoms with Crippen molar-refractivity contribution >= 4 is 0 Å². The highest BCUT2D eigenvalue weighted by atomic mass is 16.7. The maximum atomic E-state index is 5.41. The minimum absolute atomic E-state index is 0.187. The number of methoxy groups -OCH3 is 2. The van der Waals surface area contributed by atoms with Crippen LogP contribution in [0.15, 0.2) is 0 Å². The summed E-state index contributed by atoms with van der Waals surface area (Å²) < 4.78 is 15.6. The van der Waals surface area contributed by atoms with Crippen molar-refractivity contribution in [3.8, 4) is 0 Å². The third-order valence-electron chi connectivity index (χ3n) is 2.38. The van der Waals surface area contributed by atoms with E-state index in [4.69, 9.17) is 14.2 Å². The molecule has 0 saturated heterocycles. The molecule has 0 fully saturated rings. The Bertz CT molecular complexity index is 138. The first-order chi connectivity index (χ1) is 7.15. The van der Waals surface area contributed by atoms with Crippen LogP contribution in [0.5, 0.6) is 0 Å². The molecule has 0 spiro atoms. The van der Waals surface area contributed by atoms with Gasteiger partial charge in [0.15, 0.2) is 6.29 Å². The highest BCUT2D eigenvalue weighted by Crippen LogP contribution is 2.03. The first kappa shape index (κ1) is 14.8. The summed E-state index contributed by atoms with van der Waals surface area (Å²) >= 11 is 0. The van der Waals surface area contributed by atoms with Gasteiger partial charge in [-0.25, -0.2) is 0 Å². The molecule has 0 aliphatic rings. The van der Waals surface area contributed by atoms with Gasteiger partial charge < -0.3 is 19.5 Å². The monoisotopic (exact) mass is 219 g/mol. The SMILES string of the molecule is CCOCC(NCC(OC)OC)C(C)C. The number of ether oxygens (including phenoxy) is 3. The minimum atomic E-state index is -0.187. The molecule has 0 bridgehead atoms. The number of nitrogens with one attached hydrogen (secondary N) is 1. The lowest BCUT2D eigenvalue weighted by molar-refractivity contribution is -0.101. The first-order valence-electron chi connectivity index (χ1n) is 5.52. The van der Waals surface area contributed by atoms with E-state index in [1.807, 2.05) is 6.92 Å². The maximum Gasteiger partial charge on any atom is 0.169 e. The van der Waals surface area contributed by atoms with Crippen LogP contribution in [-0.2, 0) is 14.2 Å². The predicted octanol–water partition coefficient (Wildman–Crippen LogP) is 1.26. The van der Waals surface area contributed by atoms with Gasteiger partial charge in [0, 0.05) is 33.4 Å². The molecule has 4 nitrogen and oxygen atoms in total. The average Bonchev–Trinajstić information content (AvgIpc) is 2.23. The molecule has 92 valence electrons. The minimum Gasteiger partial charge on any atom is -0.380 e. The van der Waals surface area contributed by atoms with Gasteiger partial charge in [-0.15, -0.1) is 0 Å². The summed E-state index contributed by atoms with van der Waals surface area (Å²) in [5.41, 5.74) is 0. The van der Waals surface area contributed by atoms with Gasteiger partial charge in [-0.05, 0) is 12.8 Å². The van der Waals surface area contributed by atoms with Gasteiger partial charge in [-0.2, -0.15) is 0 Å². The van der Waals surface area contributed by atoms with E-state index in [1.54, 1.807) is 14.2 Å². The summed E-state index contributed by atoms with van der Waals surface area (Å²) in [4.78, 5) is 0. The summed E-state index contributed by atoms with van der Waals surface area (Å²) in [6, 6.07) is 0.345. The lowest BCUT2D eigenvalue weighted by atomic mass is 10.1. The van der Waals surface area contributed by atoms with Crippen molar-refractivity contribution in [2.75, 3.05) is 34.0 Å². The van der Waals surface area contributed by atoms with Crippen molar-refractivity contribution in [3.05, 3.63) is 0 Å². The Labute approximate surface area is 93.3 Å². The Morgan fingerprint density at radius 2 is 1.73 bits per heavy atom. The summed E-state index contributed by atoms with van der Waals surface area (Å²) in [6.45, 7) is 8.52. The molecule has 0 amide bonds. The highest BCUT2D eigenvalue weighted by Gasteiger charge is 2.15. The fraction of sp³-hybridized carbons (Fsp3) is 1.00. The summed E-state index contributed by atoms with van der Waals surface area (Å²) in [6.07, 6.45) is -0.187. The first-order valence-corrected chi connectivity index (χ1v) is 5.52. The van der Waals surface area contributed by atoms with Crippen LogP contribution >= 0.6 is 0 Å². The van der Waals surface area contributed by atoms with Crippen LogP contribution in [0.3, 0.4) is 0 Å². The van der Waals surface area contributed by atoms with Crippen LogP contribution < -0.4 is 5.32 Å². The molecule has 1 atom stereocenters. The van der Waals surface area contributed by atoms with E-state index in [-0.39, 0.29) is 6.29 Å². The average molecular weight is 219 g/mol. The second-order valence-corrected chi connectivity index (χ2v) is 3.82. The summed E-state index contributed by atoms with van der Waals surface area (Å²) in [7, 11) is 3.28. The van der Waals surface area contributed by atoms with Crippen LogP contribution in [-0.4, -0.2) is 46.3 Å². The van der Waals surface area contributed by atoms with Crippen LogP contribution in [0.2, 0.25) is 0 Å². The summed E-state index contributed by atoms with van der Waals surface area (Å²) in [5.74, 6) is 0.533. The number of hydrogen-bond donors (Lipinski definition) is 1. The molecule has 0 saturated carbocycles. The van der Waals surface area contributed by atoms with E-state index < -0.39 is 0 Å². The third-order valence-corrected chi connectivity index (χ3v) is 2.38. The van der Waals surface area contributed by atoms with Crippen molar-refractivity contribution in [1.29, 1.82) is 0 Å². The standard InChI is InChI=1S/C11H25NO3/c1-6-15-8-10(9(2)3)12-7-11(13-4)14-5/h9-12H,6-8H2,1-5H3. The lowest BCUT2D eigenvalue weighted by Crippen LogP contribution is -2.42. The van der Waals surface area contributed by atoms with Crippen molar-refractivity contribution in [2.45, 2.75) is 33.1 Å². The van der Waals surface area contributed by atoms with E-state index in [9.17, 15) is 0 Å². The summed E-state index contributed by atoms with van der Waals surface area (Å²) in [5, 5.41) is 3.38. The van der Waals surface area contributed by atoms with E-state index >= 15 is 0 Å². The van der Waals surface area contributed by atoms with E-state index in [2.05, 4.69) is 19.2 Å². The van der Waals surface area contributed by atoms with Crippen LogP contribution in [0.1, 0.15) is 20.8 Å². The zero-order valence-electron chi connectivity index (χ0n) is 10.6. The Morgan fingerprint density at radius 3 is 2.13 bits per heavy atom. The lowest BCUT2D eigenvalue weighted by Gasteiger charge is -2.24. The molecule has 0 heterocycles. The number of hydrogen-bond acceptors (Lipinski definition) is 4. The second-order valence-electron chi connectivity index (χ2n) is 3.82. The molecule has 0 aromatic heterocycles. The van der Waals surface area contributed by atoms with E-state index in [0.29, 0.717) is 18.5 Å². The molecule has 0 aliphatic carbocycles. The van der Waals surface area contributed by atoms with Gasteiger partial charge in [0.2, 0.25) is 0 Å². The molecule has 0 aromatic carbocycles. The largest absolute Gasteiger partial charge is 0.380 e. The molecule has 0 aliphatic heterocycles. The topological polar surface area (TPSA) is 39.7 Å². The van der Waals surface area contributed by atoms with Crippen LogP contribution in [0.4, 0.5) is 0 Å². The van der Waals surface area contributed by atoms with Crippen molar-refractivity contribution in [2.24, 2.45) is 5.92 Å². The maximum absolute atomic E-state index is 5.41. The van der Waals surface area contributed by atoms with Gasteiger partial charge in [0.05, 0.1) is 6.61 Å². The van der Waals surface area contributed by atoms with Gasteiger partial charge in [-0.1, -0.05) is 13.8 Å². The van der Waals surface area contributed by atoms with Crippen molar-refractivity contribution in [3.63, 3.8) is 0 Å². The Morgan fingerprint density at radius 1 is 1.13 bits per heavy atom. The quantitative estimate of drug-likeness (QED) is 0.593. The van der Waals surface area contributed by atoms with E-state index in [0.717, 1.165) is 13.2 Å². The van der Waals surface area contributed by atoms with Gasteiger partial charge in [0.1, 0.15) is 0 Å². The fourth-order valence-electron chi connectivity index (χ4n) is 1.24. The van der Waals surface area contributed by atoms with Gasteiger partial charge in [-0.3, -0.25) is 0 Å². The van der Waals surface area contributed by atoms with Gasteiger partial charge in [0.25, 0.3) is 0 Å². The molecule has 0 aromatic rings. The molecule has 1 unspecified atom stereocenters. The molecular formula is C11H25NO3. The highest BCUT2D eigenvalue weighted by molar-refractivity contribution is 4.70. The zero-order chi connectivity index (χ0) is 11.7. The molecule has 0 radical (unpaired) electrons. The molecule has 4 heteroatoms. The number of rotatable bonds is 9. The van der Waals surface area contributed by atoms with Gasteiger partial charge >= 0.3 is 0 Å².